The Morgan fingerprint density at radius 2 is 1.75 bits per heavy atom. The van der Waals surface area contributed by atoms with E-state index in [2.05, 4.69) is 5.10 Å². The van der Waals surface area contributed by atoms with Crippen molar-refractivity contribution in [3.05, 3.63) is 53.2 Å². The smallest absolute Gasteiger partial charge is 0.437 e. The molecular formula is C21H20N4O7. The number of ether oxygens (including phenoxy) is 2. The summed E-state index contributed by atoms with van der Waals surface area (Å²) in [6.07, 6.45) is 0.713. The number of fused-ring (bicyclic) bond motifs is 1. The minimum atomic E-state index is -0.742. The van der Waals surface area contributed by atoms with Gasteiger partial charge in [-0.1, -0.05) is 12.1 Å². The molecule has 4 heterocycles. The number of benzene rings is 1. The lowest BCUT2D eigenvalue weighted by Gasteiger charge is -2.37. The van der Waals surface area contributed by atoms with Gasteiger partial charge < -0.3 is 28.1 Å². The van der Waals surface area contributed by atoms with Gasteiger partial charge in [-0.25, -0.2) is 4.79 Å². The summed E-state index contributed by atoms with van der Waals surface area (Å²) in [5.41, 5.74) is 0. The van der Waals surface area contributed by atoms with Crippen molar-refractivity contribution in [3.8, 4) is 23.1 Å². The average molecular weight is 440 g/mol. The second kappa shape index (κ2) is 8.25. The van der Waals surface area contributed by atoms with E-state index in [4.69, 9.17) is 18.3 Å². The van der Waals surface area contributed by atoms with E-state index in [-0.39, 0.29) is 30.9 Å². The van der Waals surface area contributed by atoms with Crippen LogP contribution in [-0.2, 0) is 16.1 Å². The number of hydrogen-bond acceptors (Lipinski definition) is 8. The van der Waals surface area contributed by atoms with Crippen LogP contribution in [0.15, 0.2) is 56.3 Å². The van der Waals surface area contributed by atoms with Crippen LogP contribution in [0.1, 0.15) is 0 Å². The molecule has 1 saturated heterocycles. The number of hydrogen-bond donors (Lipinski definition) is 0. The Morgan fingerprint density at radius 1 is 1.00 bits per heavy atom. The molecule has 1 unspecified atom stereocenters. The fourth-order valence-electron chi connectivity index (χ4n) is 3.66. The fraction of sp³-hybridized carbons (Fsp3) is 0.333. The van der Waals surface area contributed by atoms with Crippen LogP contribution in [0.3, 0.4) is 0 Å². The largest absolute Gasteiger partial charge is 0.485 e. The molecular weight excluding hydrogens is 420 g/mol. The van der Waals surface area contributed by atoms with Gasteiger partial charge in [-0.3, -0.25) is 9.59 Å². The predicted octanol–water partition coefficient (Wildman–Crippen LogP) is 0.607. The van der Waals surface area contributed by atoms with Crippen molar-refractivity contribution in [3.63, 3.8) is 0 Å². The topological polar surface area (TPSA) is 120 Å². The zero-order valence-corrected chi connectivity index (χ0v) is 17.0. The summed E-state index contributed by atoms with van der Waals surface area (Å²) in [7, 11) is 0. The summed E-state index contributed by atoms with van der Waals surface area (Å²) in [4.78, 5) is 40.7. The van der Waals surface area contributed by atoms with Crippen molar-refractivity contribution >= 4 is 11.8 Å². The Balaban J connectivity index is 1.16. The van der Waals surface area contributed by atoms with E-state index in [1.807, 2.05) is 12.1 Å². The van der Waals surface area contributed by atoms with Crippen LogP contribution < -0.4 is 15.2 Å². The van der Waals surface area contributed by atoms with Crippen molar-refractivity contribution in [1.29, 1.82) is 0 Å². The quantitative estimate of drug-likeness (QED) is 0.579. The van der Waals surface area contributed by atoms with Crippen LogP contribution in [-0.4, -0.2) is 70.3 Å². The molecule has 2 amide bonds. The standard InChI is InChI=1S/C21H20N4O7/c26-18(12-25-21(28)32-19(22-25)16-6-3-11-29-16)23-7-9-24(10-8-23)20(27)17-13-30-14-4-1-2-5-15(14)31-17/h1-6,11,17H,7-10,12-13H2. The van der Waals surface area contributed by atoms with Gasteiger partial charge in [-0.2, -0.15) is 4.68 Å². The van der Waals surface area contributed by atoms with Gasteiger partial charge in [0.25, 0.3) is 11.8 Å². The van der Waals surface area contributed by atoms with Gasteiger partial charge in [0, 0.05) is 26.2 Å². The van der Waals surface area contributed by atoms with Crippen LogP contribution in [0, 0.1) is 0 Å². The summed E-state index contributed by atoms with van der Waals surface area (Å²) in [5.74, 6) is 0.264. The molecule has 0 saturated carbocycles. The first-order chi connectivity index (χ1) is 15.6. The van der Waals surface area contributed by atoms with Gasteiger partial charge in [0.2, 0.25) is 12.0 Å². The summed E-state index contributed by atoms with van der Waals surface area (Å²) in [6, 6.07) is 10.5. The minimum Gasteiger partial charge on any atom is -0.485 e. The van der Waals surface area contributed by atoms with Crippen LogP contribution in [0.2, 0.25) is 0 Å². The number of carbonyl (C=O) groups excluding carboxylic acids is 2. The molecule has 2 aliphatic rings. The highest BCUT2D eigenvalue weighted by molar-refractivity contribution is 5.82. The molecule has 0 N–H and O–H groups in total. The summed E-state index contributed by atoms with van der Waals surface area (Å²) < 4.78 is 22.6. The molecule has 0 spiro atoms. The minimum absolute atomic E-state index is 0.0134. The first-order valence-corrected chi connectivity index (χ1v) is 10.2. The number of aromatic nitrogens is 2. The van der Waals surface area contributed by atoms with E-state index >= 15 is 0 Å². The van der Waals surface area contributed by atoms with Crippen LogP contribution in [0.5, 0.6) is 11.5 Å². The molecule has 32 heavy (non-hydrogen) atoms. The van der Waals surface area contributed by atoms with E-state index in [0.717, 1.165) is 4.68 Å². The number of para-hydroxylation sites is 2. The van der Waals surface area contributed by atoms with E-state index < -0.39 is 11.9 Å². The Bertz CT molecular complexity index is 1170. The maximum Gasteiger partial charge on any atom is 0.437 e. The molecule has 11 heteroatoms. The number of piperazine rings is 1. The third kappa shape index (κ3) is 3.84. The monoisotopic (exact) mass is 440 g/mol. The lowest BCUT2D eigenvalue weighted by Crippen LogP contribution is -2.55. The number of carbonyl (C=O) groups is 2. The van der Waals surface area contributed by atoms with Gasteiger partial charge in [0.15, 0.2) is 17.3 Å². The molecule has 0 radical (unpaired) electrons. The van der Waals surface area contributed by atoms with Crippen molar-refractivity contribution < 1.29 is 27.9 Å². The molecule has 5 rings (SSSR count). The van der Waals surface area contributed by atoms with E-state index in [1.165, 1.54) is 6.26 Å². The van der Waals surface area contributed by atoms with E-state index in [9.17, 15) is 14.4 Å². The number of nitrogens with zero attached hydrogens (tertiary/aromatic N) is 4. The highest BCUT2D eigenvalue weighted by Gasteiger charge is 2.33. The molecule has 0 bridgehead atoms. The number of amides is 2. The van der Waals surface area contributed by atoms with Crippen molar-refractivity contribution in [2.24, 2.45) is 0 Å². The Labute approximate surface area is 181 Å². The molecule has 0 aliphatic carbocycles. The van der Waals surface area contributed by atoms with Gasteiger partial charge in [-0.15, -0.1) is 5.10 Å². The average Bonchev–Trinajstić information content (AvgIpc) is 3.49. The second-order valence-corrected chi connectivity index (χ2v) is 7.38. The number of rotatable bonds is 4. The maximum absolute atomic E-state index is 12.8. The van der Waals surface area contributed by atoms with Crippen molar-refractivity contribution in [1.82, 2.24) is 19.6 Å². The number of furan rings is 1. The van der Waals surface area contributed by atoms with Crippen LogP contribution >= 0.6 is 0 Å². The highest BCUT2D eigenvalue weighted by Crippen LogP contribution is 2.31. The second-order valence-electron chi connectivity index (χ2n) is 7.38. The third-order valence-electron chi connectivity index (χ3n) is 5.35. The van der Waals surface area contributed by atoms with E-state index in [0.29, 0.717) is 43.4 Å². The van der Waals surface area contributed by atoms with Crippen LogP contribution in [0.25, 0.3) is 11.7 Å². The molecule has 2 aromatic heterocycles. The molecule has 11 nitrogen and oxygen atoms in total. The lowest BCUT2D eigenvalue weighted by atomic mass is 10.2. The Hall–Kier alpha value is -4.02. The molecule has 1 aromatic carbocycles. The lowest BCUT2D eigenvalue weighted by molar-refractivity contribution is -0.146. The fourth-order valence-corrected chi connectivity index (χ4v) is 3.66. The van der Waals surface area contributed by atoms with Gasteiger partial charge in [0.1, 0.15) is 13.2 Å². The summed E-state index contributed by atoms with van der Waals surface area (Å²) in [5, 5.41) is 4.01. The zero-order valence-electron chi connectivity index (χ0n) is 17.0. The van der Waals surface area contributed by atoms with Gasteiger partial charge >= 0.3 is 5.76 Å². The zero-order chi connectivity index (χ0) is 22.1. The Kier molecular flexibility index (Phi) is 5.13. The first-order valence-electron chi connectivity index (χ1n) is 10.2. The highest BCUT2D eigenvalue weighted by atomic mass is 16.6. The third-order valence-corrected chi connectivity index (χ3v) is 5.35. The summed E-state index contributed by atoms with van der Waals surface area (Å²) in [6.45, 7) is 1.28. The van der Waals surface area contributed by atoms with Crippen LogP contribution in [0.4, 0.5) is 0 Å². The normalized spacial score (nSPS) is 17.9. The molecule has 1 fully saturated rings. The molecule has 2 aliphatic heterocycles. The molecule has 3 aromatic rings. The van der Waals surface area contributed by atoms with Gasteiger partial charge in [-0.05, 0) is 24.3 Å². The van der Waals surface area contributed by atoms with Crippen molar-refractivity contribution in [2.75, 3.05) is 32.8 Å². The SMILES string of the molecule is O=C(Cn1nc(-c2ccco2)oc1=O)N1CCN(C(=O)C2COc3ccccc3O2)CC1. The van der Waals surface area contributed by atoms with Crippen molar-refractivity contribution in [2.45, 2.75) is 12.6 Å². The molecule has 166 valence electrons. The Morgan fingerprint density at radius 3 is 2.50 bits per heavy atom. The predicted molar refractivity (Wildman–Crippen MR) is 108 cm³/mol. The maximum atomic E-state index is 12.8. The van der Waals surface area contributed by atoms with Gasteiger partial charge in [0.05, 0.1) is 6.26 Å². The first kappa shape index (κ1) is 19.9. The van der Waals surface area contributed by atoms with E-state index in [1.54, 1.807) is 34.1 Å². The molecule has 1 atom stereocenters. The summed E-state index contributed by atoms with van der Waals surface area (Å²) >= 11 is 0.